The van der Waals surface area contributed by atoms with E-state index in [0.29, 0.717) is 23.8 Å². The van der Waals surface area contributed by atoms with E-state index in [-0.39, 0.29) is 12.5 Å². The molecule has 1 aliphatic rings. The predicted octanol–water partition coefficient (Wildman–Crippen LogP) is 1.56. The summed E-state index contributed by atoms with van der Waals surface area (Å²) in [5, 5.41) is 9.87. The van der Waals surface area contributed by atoms with Crippen molar-refractivity contribution in [3.05, 3.63) is 4.88 Å². The third kappa shape index (κ3) is 3.85. The maximum Gasteiger partial charge on any atom is 0.267 e. The SMILES string of the molecule is CCN(CCO)C(=O)c1sc(N2CCCCCC2)nc1N. The number of aliphatic hydroxyl groups excluding tert-OH is 1. The largest absolute Gasteiger partial charge is 0.395 e. The van der Waals surface area contributed by atoms with Crippen LogP contribution in [0.5, 0.6) is 0 Å². The molecule has 0 atom stereocenters. The van der Waals surface area contributed by atoms with E-state index in [1.54, 1.807) is 4.90 Å². The van der Waals surface area contributed by atoms with Gasteiger partial charge in [-0.2, -0.15) is 0 Å². The summed E-state index contributed by atoms with van der Waals surface area (Å²) in [6.45, 7) is 4.68. The van der Waals surface area contributed by atoms with E-state index in [1.165, 1.54) is 24.2 Å². The van der Waals surface area contributed by atoms with Gasteiger partial charge in [-0.15, -0.1) is 0 Å². The first-order valence-corrected chi connectivity index (χ1v) is 8.40. The van der Waals surface area contributed by atoms with Gasteiger partial charge >= 0.3 is 0 Å². The monoisotopic (exact) mass is 312 g/mol. The van der Waals surface area contributed by atoms with Crippen LogP contribution in [0.4, 0.5) is 10.9 Å². The zero-order chi connectivity index (χ0) is 15.2. The smallest absolute Gasteiger partial charge is 0.267 e. The molecule has 1 amide bonds. The molecule has 1 saturated heterocycles. The van der Waals surface area contributed by atoms with Gasteiger partial charge in [0, 0.05) is 26.2 Å². The van der Waals surface area contributed by atoms with Gasteiger partial charge in [0.05, 0.1) is 6.61 Å². The number of carbonyl (C=O) groups excluding carboxylic acids is 1. The third-order valence-corrected chi connectivity index (χ3v) is 4.87. The second kappa shape index (κ2) is 7.61. The van der Waals surface area contributed by atoms with Crippen molar-refractivity contribution in [1.29, 1.82) is 0 Å². The Hall–Kier alpha value is -1.34. The number of anilines is 2. The average Bonchev–Trinajstić information content (AvgIpc) is 2.70. The van der Waals surface area contributed by atoms with E-state index >= 15 is 0 Å². The highest BCUT2D eigenvalue weighted by molar-refractivity contribution is 7.18. The molecule has 1 aromatic rings. The van der Waals surface area contributed by atoms with Crippen molar-refractivity contribution in [1.82, 2.24) is 9.88 Å². The molecular weight excluding hydrogens is 288 g/mol. The van der Waals surface area contributed by atoms with Crippen molar-refractivity contribution in [3.8, 4) is 0 Å². The summed E-state index contributed by atoms with van der Waals surface area (Å²) in [4.78, 5) is 21.1. The maximum atomic E-state index is 12.4. The van der Waals surface area contributed by atoms with Gasteiger partial charge in [0.25, 0.3) is 5.91 Å². The molecule has 0 radical (unpaired) electrons. The number of nitrogen functional groups attached to an aromatic ring is 1. The van der Waals surface area contributed by atoms with Crippen LogP contribution >= 0.6 is 11.3 Å². The average molecular weight is 312 g/mol. The Kier molecular flexibility index (Phi) is 5.81. The van der Waals surface area contributed by atoms with Gasteiger partial charge in [0.2, 0.25) is 0 Å². The molecule has 0 aliphatic carbocycles. The number of likely N-dealkylation sites (N-methyl/N-ethyl adjacent to an activating group) is 1. The van der Waals surface area contributed by atoms with Gasteiger partial charge in [0.1, 0.15) is 10.7 Å². The number of carbonyl (C=O) groups is 1. The first-order chi connectivity index (χ1) is 10.2. The second-order valence-corrected chi connectivity index (χ2v) is 6.20. The minimum absolute atomic E-state index is 0.0444. The van der Waals surface area contributed by atoms with E-state index < -0.39 is 0 Å². The normalized spacial score (nSPS) is 15.8. The Bertz CT molecular complexity index is 470. The summed E-state index contributed by atoms with van der Waals surface area (Å²) in [6.07, 6.45) is 4.83. The van der Waals surface area contributed by atoms with Crippen LogP contribution in [-0.2, 0) is 0 Å². The van der Waals surface area contributed by atoms with E-state index in [2.05, 4.69) is 9.88 Å². The number of aliphatic hydroxyl groups is 1. The molecule has 7 heteroatoms. The molecule has 6 nitrogen and oxygen atoms in total. The second-order valence-electron chi connectivity index (χ2n) is 5.22. The van der Waals surface area contributed by atoms with E-state index in [4.69, 9.17) is 10.8 Å². The summed E-state index contributed by atoms with van der Waals surface area (Å²) in [5.74, 6) is 0.170. The van der Waals surface area contributed by atoms with Crippen LogP contribution in [0.3, 0.4) is 0 Å². The van der Waals surface area contributed by atoms with Gasteiger partial charge in [-0.05, 0) is 19.8 Å². The van der Waals surface area contributed by atoms with Crippen molar-refractivity contribution >= 4 is 28.2 Å². The van der Waals surface area contributed by atoms with Crippen LogP contribution < -0.4 is 10.6 Å². The summed E-state index contributed by atoms with van der Waals surface area (Å²) >= 11 is 1.37. The molecule has 2 heterocycles. The summed E-state index contributed by atoms with van der Waals surface area (Å²) in [5.41, 5.74) is 5.94. The number of nitrogens with two attached hydrogens (primary N) is 1. The Labute approximate surface area is 129 Å². The molecule has 1 aromatic heterocycles. The van der Waals surface area contributed by atoms with Crippen LogP contribution in [-0.4, -0.2) is 53.7 Å². The molecule has 0 saturated carbocycles. The zero-order valence-corrected chi connectivity index (χ0v) is 13.4. The Morgan fingerprint density at radius 1 is 1.38 bits per heavy atom. The third-order valence-electron chi connectivity index (χ3n) is 3.75. The van der Waals surface area contributed by atoms with Crippen molar-refractivity contribution in [3.63, 3.8) is 0 Å². The molecule has 0 spiro atoms. The first kappa shape index (κ1) is 16.0. The molecule has 2 rings (SSSR count). The highest BCUT2D eigenvalue weighted by Gasteiger charge is 2.23. The molecule has 0 bridgehead atoms. The molecule has 0 unspecified atom stereocenters. The van der Waals surface area contributed by atoms with Crippen molar-refractivity contribution in [2.45, 2.75) is 32.6 Å². The molecule has 1 fully saturated rings. The maximum absolute atomic E-state index is 12.4. The van der Waals surface area contributed by atoms with Crippen LogP contribution in [0.2, 0.25) is 0 Å². The highest BCUT2D eigenvalue weighted by Crippen LogP contribution is 2.30. The molecule has 21 heavy (non-hydrogen) atoms. The van der Waals surface area contributed by atoms with Crippen LogP contribution in [0.1, 0.15) is 42.3 Å². The lowest BCUT2D eigenvalue weighted by atomic mass is 10.2. The van der Waals surface area contributed by atoms with Crippen LogP contribution in [0.25, 0.3) is 0 Å². The van der Waals surface area contributed by atoms with Gasteiger partial charge in [-0.25, -0.2) is 4.98 Å². The van der Waals surface area contributed by atoms with Crippen molar-refractivity contribution < 1.29 is 9.90 Å². The van der Waals surface area contributed by atoms with Gasteiger partial charge < -0.3 is 20.6 Å². The summed E-state index contributed by atoms with van der Waals surface area (Å²) < 4.78 is 0. The molecule has 118 valence electrons. The van der Waals surface area contributed by atoms with Crippen molar-refractivity contribution in [2.75, 3.05) is 43.4 Å². The molecular formula is C14H24N4O2S. The lowest BCUT2D eigenvalue weighted by Gasteiger charge is -2.19. The van der Waals surface area contributed by atoms with Crippen LogP contribution in [0, 0.1) is 0 Å². The van der Waals surface area contributed by atoms with E-state index in [0.717, 1.165) is 31.1 Å². The number of rotatable bonds is 5. The lowest BCUT2D eigenvalue weighted by Crippen LogP contribution is -2.33. The summed E-state index contributed by atoms with van der Waals surface area (Å²) in [7, 11) is 0. The quantitative estimate of drug-likeness (QED) is 0.862. The fraction of sp³-hybridized carbons (Fsp3) is 0.714. The van der Waals surface area contributed by atoms with Gasteiger partial charge in [-0.1, -0.05) is 24.2 Å². The number of hydrogen-bond donors (Lipinski definition) is 2. The highest BCUT2D eigenvalue weighted by atomic mass is 32.1. The Balaban J connectivity index is 2.15. The standard InChI is InChI=1S/C14H24N4O2S/c1-2-17(9-10-19)13(20)11-12(15)16-14(21-11)18-7-5-3-4-6-8-18/h19H,2-10,15H2,1H3. The predicted molar refractivity (Wildman–Crippen MR) is 85.9 cm³/mol. The number of thiazole rings is 1. The van der Waals surface area contributed by atoms with E-state index in [9.17, 15) is 4.79 Å². The fourth-order valence-corrected chi connectivity index (χ4v) is 3.54. The van der Waals surface area contributed by atoms with Gasteiger partial charge in [-0.3, -0.25) is 4.79 Å². The first-order valence-electron chi connectivity index (χ1n) is 7.58. The van der Waals surface area contributed by atoms with Crippen molar-refractivity contribution in [2.24, 2.45) is 0 Å². The van der Waals surface area contributed by atoms with Gasteiger partial charge in [0.15, 0.2) is 5.13 Å². The molecule has 3 N–H and O–H groups in total. The number of amides is 1. The Morgan fingerprint density at radius 3 is 2.62 bits per heavy atom. The minimum Gasteiger partial charge on any atom is -0.395 e. The van der Waals surface area contributed by atoms with E-state index in [1.807, 2.05) is 6.92 Å². The minimum atomic E-state index is -0.136. The topological polar surface area (TPSA) is 82.7 Å². The molecule has 1 aliphatic heterocycles. The molecule has 0 aromatic carbocycles. The van der Waals surface area contributed by atoms with Crippen LogP contribution in [0.15, 0.2) is 0 Å². The summed E-state index contributed by atoms with van der Waals surface area (Å²) in [6, 6.07) is 0. The Morgan fingerprint density at radius 2 is 2.05 bits per heavy atom. The fourth-order valence-electron chi connectivity index (χ4n) is 2.54. The zero-order valence-electron chi connectivity index (χ0n) is 12.5. The number of nitrogens with zero attached hydrogens (tertiary/aromatic N) is 3. The number of aromatic nitrogens is 1. The lowest BCUT2D eigenvalue weighted by molar-refractivity contribution is 0.0737. The number of hydrogen-bond acceptors (Lipinski definition) is 6.